The highest BCUT2D eigenvalue weighted by molar-refractivity contribution is 8.00. The van der Waals surface area contributed by atoms with Crippen LogP contribution >= 0.6 is 11.8 Å². The lowest BCUT2D eigenvalue weighted by atomic mass is 10.1. The molecule has 0 bridgehead atoms. The van der Waals surface area contributed by atoms with Crippen LogP contribution in [0.1, 0.15) is 26.2 Å². The molecule has 0 spiro atoms. The first-order valence-corrected chi connectivity index (χ1v) is 8.20. The molecule has 1 aliphatic carbocycles. The second-order valence-electron chi connectivity index (χ2n) is 5.85. The number of carboxylic acids is 1. The van der Waals surface area contributed by atoms with Gasteiger partial charge in [0.05, 0.1) is 5.37 Å². The van der Waals surface area contributed by atoms with Crippen LogP contribution in [-0.2, 0) is 4.79 Å². The van der Waals surface area contributed by atoms with Crippen molar-refractivity contribution in [2.45, 2.75) is 37.6 Å². The van der Waals surface area contributed by atoms with Crippen molar-refractivity contribution in [2.75, 3.05) is 18.8 Å². The van der Waals surface area contributed by atoms with E-state index < -0.39 is 12.0 Å². The Kier molecular flexibility index (Phi) is 3.67. The maximum atomic E-state index is 12.7. The number of hydrogen-bond donors (Lipinski definition) is 1. The van der Waals surface area contributed by atoms with Crippen molar-refractivity contribution in [2.24, 2.45) is 5.92 Å². The van der Waals surface area contributed by atoms with Crippen LogP contribution in [0.5, 0.6) is 0 Å². The van der Waals surface area contributed by atoms with Crippen LogP contribution in [0, 0.1) is 5.92 Å². The quantitative estimate of drug-likeness (QED) is 0.792. The summed E-state index contributed by atoms with van der Waals surface area (Å²) in [5.41, 5.74) is 1.30. The Balaban J connectivity index is 1.77. The van der Waals surface area contributed by atoms with E-state index in [9.17, 15) is 14.7 Å². The minimum atomic E-state index is -0.877. The summed E-state index contributed by atoms with van der Waals surface area (Å²) in [6.45, 7) is 3.38. The Morgan fingerprint density at radius 1 is 1.40 bits per heavy atom. The van der Waals surface area contributed by atoms with E-state index in [2.05, 4.69) is 13.0 Å². The number of rotatable bonds is 2. The normalized spacial score (nSPS) is 30.4. The summed E-state index contributed by atoms with van der Waals surface area (Å²) >= 11 is 1.63. The molecule has 0 aromatic rings. The smallest absolute Gasteiger partial charge is 0.327 e. The monoisotopic (exact) mass is 296 g/mol. The third-order valence-electron chi connectivity index (χ3n) is 4.27. The zero-order valence-corrected chi connectivity index (χ0v) is 12.4. The number of nitrogens with zero attached hydrogens (tertiary/aromatic N) is 2. The summed E-state index contributed by atoms with van der Waals surface area (Å²) in [4.78, 5) is 27.5. The predicted octanol–water partition coefficient (Wildman–Crippen LogP) is 2.00. The number of urea groups is 1. The molecule has 3 rings (SSSR count). The molecule has 2 fully saturated rings. The highest BCUT2D eigenvalue weighted by Gasteiger charge is 2.49. The van der Waals surface area contributed by atoms with E-state index in [1.54, 1.807) is 21.6 Å². The van der Waals surface area contributed by atoms with E-state index in [4.69, 9.17) is 0 Å². The van der Waals surface area contributed by atoms with Gasteiger partial charge in [0.1, 0.15) is 6.04 Å². The topological polar surface area (TPSA) is 60.9 Å². The van der Waals surface area contributed by atoms with E-state index in [1.807, 2.05) is 0 Å². The van der Waals surface area contributed by atoms with Crippen molar-refractivity contribution in [3.63, 3.8) is 0 Å². The molecule has 6 heteroatoms. The Hall–Kier alpha value is -1.17. The number of amides is 2. The van der Waals surface area contributed by atoms with Gasteiger partial charge in [0.25, 0.3) is 0 Å². The standard InChI is InChI=1S/C14H20N2O3S/c1-9-4-6-15(7-5-9)14(19)16-11(13(17)18)8-20-12(16)10-2-3-10/h4,10-12H,2-3,5-8H2,1H3,(H,17,18). The molecule has 20 heavy (non-hydrogen) atoms. The first-order valence-electron chi connectivity index (χ1n) is 7.15. The lowest BCUT2D eigenvalue weighted by Crippen LogP contribution is -2.52. The van der Waals surface area contributed by atoms with Gasteiger partial charge in [-0.25, -0.2) is 9.59 Å². The average Bonchev–Trinajstić information content (AvgIpc) is 3.17. The van der Waals surface area contributed by atoms with Crippen molar-refractivity contribution >= 4 is 23.8 Å². The fraction of sp³-hybridized carbons (Fsp3) is 0.714. The molecule has 0 radical (unpaired) electrons. The molecule has 0 aromatic carbocycles. The molecule has 5 nitrogen and oxygen atoms in total. The van der Waals surface area contributed by atoms with Crippen LogP contribution < -0.4 is 0 Å². The van der Waals surface area contributed by atoms with Gasteiger partial charge < -0.3 is 10.0 Å². The summed E-state index contributed by atoms with van der Waals surface area (Å²) < 4.78 is 0. The van der Waals surface area contributed by atoms with Gasteiger partial charge >= 0.3 is 12.0 Å². The molecule has 1 saturated carbocycles. The predicted molar refractivity (Wildman–Crippen MR) is 77.6 cm³/mol. The molecule has 1 saturated heterocycles. The van der Waals surface area contributed by atoms with E-state index in [0.717, 1.165) is 19.3 Å². The zero-order valence-electron chi connectivity index (χ0n) is 11.6. The molecule has 3 aliphatic rings. The van der Waals surface area contributed by atoms with Crippen molar-refractivity contribution in [1.29, 1.82) is 0 Å². The van der Waals surface area contributed by atoms with E-state index in [-0.39, 0.29) is 11.4 Å². The number of carbonyl (C=O) groups excluding carboxylic acids is 1. The first-order chi connectivity index (χ1) is 9.58. The largest absolute Gasteiger partial charge is 0.480 e. The van der Waals surface area contributed by atoms with Crippen molar-refractivity contribution < 1.29 is 14.7 Å². The van der Waals surface area contributed by atoms with Gasteiger partial charge in [-0.05, 0) is 32.1 Å². The summed E-state index contributed by atoms with van der Waals surface area (Å²) in [6, 6.07) is -0.756. The fourth-order valence-electron chi connectivity index (χ4n) is 2.81. The molecule has 1 N–H and O–H groups in total. The Morgan fingerprint density at radius 2 is 2.15 bits per heavy atom. The van der Waals surface area contributed by atoms with Gasteiger partial charge in [0.2, 0.25) is 0 Å². The van der Waals surface area contributed by atoms with E-state index in [1.165, 1.54) is 5.57 Å². The average molecular weight is 296 g/mol. The number of carbonyl (C=O) groups is 2. The van der Waals surface area contributed by atoms with Crippen molar-refractivity contribution in [1.82, 2.24) is 9.80 Å². The van der Waals surface area contributed by atoms with E-state index >= 15 is 0 Å². The molecule has 110 valence electrons. The zero-order chi connectivity index (χ0) is 14.3. The van der Waals surface area contributed by atoms with Gasteiger partial charge in [-0.15, -0.1) is 11.8 Å². The molecule has 2 unspecified atom stereocenters. The minimum absolute atomic E-state index is 0.0654. The molecule has 2 amide bonds. The van der Waals surface area contributed by atoms with Crippen LogP contribution in [0.3, 0.4) is 0 Å². The third-order valence-corrected chi connectivity index (χ3v) is 5.73. The van der Waals surface area contributed by atoms with Crippen LogP contribution in [0.4, 0.5) is 4.79 Å². The summed E-state index contributed by atoms with van der Waals surface area (Å²) in [7, 11) is 0. The number of carboxylic acid groups (broad SMARTS) is 1. The Labute approximate surface area is 123 Å². The second-order valence-corrected chi connectivity index (χ2v) is 7.00. The number of aliphatic carboxylic acids is 1. The lowest BCUT2D eigenvalue weighted by Gasteiger charge is -2.34. The molecule has 2 atom stereocenters. The highest BCUT2D eigenvalue weighted by atomic mass is 32.2. The van der Waals surface area contributed by atoms with Crippen LogP contribution in [-0.4, -0.2) is 57.2 Å². The van der Waals surface area contributed by atoms with Crippen LogP contribution in [0.25, 0.3) is 0 Å². The van der Waals surface area contributed by atoms with Gasteiger partial charge in [0.15, 0.2) is 0 Å². The van der Waals surface area contributed by atoms with Crippen LogP contribution in [0.15, 0.2) is 11.6 Å². The highest BCUT2D eigenvalue weighted by Crippen LogP contribution is 2.45. The molecule has 0 aromatic heterocycles. The molecule has 2 heterocycles. The second kappa shape index (κ2) is 5.31. The summed E-state index contributed by atoms with van der Waals surface area (Å²) in [5.74, 6) is 0.137. The molecular weight excluding hydrogens is 276 g/mol. The number of hydrogen-bond acceptors (Lipinski definition) is 3. The first kappa shape index (κ1) is 13.8. The Morgan fingerprint density at radius 3 is 2.70 bits per heavy atom. The van der Waals surface area contributed by atoms with E-state index in [0.29, 0.717) is 24.8 Å². The fourth-order valence-corrected chi connectivity index (χ4v) is 4.44. The summed E-state index contributed by atoms with van der Waals surface area (Å²) in [5, 5.41) is 9.42. The van der Waals surface area contributed by atoms with Gasteiger partial charge in [-0.2, -0.15) is 0 Å². The molecular formula is C14H20N2O3S. The van der Waals surface area contributed by atoms with Gasteiger partial charge in [0, 0.05) is 18.8 Å². The third kappa shape index (κ3) is 2.53. The minimum Gasteiger partial charge on any atom is -0.480 e. The summed E-state index contributed by atoms with van der Waals surface area (Å²) in [6.07, 6.45) is 5.19. The van der Waals surface area contributed by atoms with Gasteiger partial charge in [-0.1, -0.05) is 11.6 Å². The Bertz CT molecular complexity index is 461. The van der Waals surface area contributed by atoms with Crippen molar-refractivity contribution in [3.8, 4) is 0 Å². The van der Waals surface area contributed by atoms with Crippen LogP contribution in [0.2, 0.25) is 0 Å². The maximum Gasteiger partial charge on any atom is 0.327 e. The van der Waals surface area contributed by atoms with Gasteiger partial charge in [-0.3, -0.25) is 4.90 Å². The lowest BCUT2D eigenvalue weighted by molar-refractivity contribution is -0.141. The molecule has 2 aliphatic heterocycles. The number of thioether (sulfide) groups is 1. The SMILES string of the molecule is CC1=CCN(C(=O)N2C(C(=O)O)CSC2C2CC2)CC1. The van der Waals surface area contributed by atoms with Crippen molar-refractivity contribution in [3.05, 3.63) is 11.6 Å². The maximum absolute atomic E-state index is 12.7.